The number of imide groups is 1. The highest BCUT2D eigenvalue weighted by molar-refractivity contribution is 14.0. The van der Waals surface area contributed by atoms with Crippen LogP contribution >= 0.6 is 24.0 Å². The lowest BCUT2D eigenvalue weighted by molar-refractivity contribution is -0.125. The van der Waals surface area contributed by atoms with Gasteiger partial charge >= 0.3 is 6.03 Å². The van der Waals surface area contributed by atoms with Gasteiger partial charge < -0.3 is 15.5 Å². The SMILES string of the molecule is CCCNC(=NC)N1CCC(C2(C)NC(=O)NC2=O)CC1.I. The van der Waals surface area contributed by atoms with Crippen LogP contribution < -0.4 is 16.0 Å². The number of nitrogens with one attached hydrogen (secondary N) is 3. The number of nitrogens with zero attached hydrogens (tertiary/aromatic N) is 2. The molecule has 3 N–H and O–H groups in total. The molecule has 22 heavy (non-hydrogen) atoms. The van der Waals surface area contributed by atoms with Crippen LogP contribution in [0.1, 0.15) is 33.1 Å². The summed E-state index contributed by atoms with van der Waals surface area (Å²) >= 11 is 0. The number of hydrogen-bond acceptors (Lipinski definition) is 3. The number of carbonyl (C=O) groups excluding carboxylic acids is 2. The van der Waals surface area contributed by atoms with Gasteiger partial charge in [-0.1, -0.05) is 6.92 Å². The van der Waals surface area contributed by atoms with Crippen LogP contribution in [0.25, 0.3) is 0 Å². The van der Waals surface area contributed by atoms with E-state index in [1.165, 1.54) is 0 Å². The van der Waals surface area contributed by atoms with E-state index in [1.54, 1.807) is 7.05 Å². The van der Waals surface area contributed by atoms with E-state index in [-0.39, 0.29) is 41.8 Å². The summed E-state index contributed by atoms with van der Waals surface area (Å²) in [7, 11) is 1.79. The van der Waals surface area contributed by atoms with Crippen molar-refractivity contribution in [3.05, 3.63) is 0 Å². The fourth-order valence-electron chi connectivity index (χ4n) is 3.08. The first-order valence-electron chi connectivity index (χ1n) is 7.60. The molecule has 2 heterocycles. The van der Waals surface area contributed by atoms with Crippen LogP contribution in [0.2, 0.25) is 0 Å². The maximum absolute atomic E-state index is 12.0. The number of guanidine groups is 1. The molecule has 126 valence electrons. The van der Waals surface area contributed by atoms with Crippen LogP contribution in [0.3, 0.4) is 0 Å². The minimum atomic E-state index is -0.774. The number of carbonyl (C=O) groups is 2. The predicted octanol–water partition coefficient (Wildman–Crippen LogP) is 0.900. The van der Waals surface area contributed by atoms with Crippen molar-refractivity contribution >= 4 is 41.9 Å². The molecule has 0 bridgehead atoms. The Kier molecular flexibility index (Phi) is 6.89. The minimum Gasteiger partial charge on any atom is -0.356 e. The predicted molar refractivity (Wildman–Crippen MR) is 96.4 cm³/mol. The minimum absolute atomic E-state index is 0. The quantitative estimate of drug-likeness (QED) is 0.273. The van der Waals surface area contributed by atoms with Gasteiger partial charge in [0.05, 0.1) is 0 Å². The normalized spacial score (nSPS) is 26.3. The fourth-order valence-corrected chi connectivity index (χ4v) is 3.08. The second kappa shape index (κ2) is 7.98. The highest BCUT2D eigenvalue weighted by atomic mass is 127. The Morgan fingerprint density at radius 2 is 2.05 bits per heavy atom. The second-order valence-corrected chi connectivity index (χ2v) is 5.85. The van der Waals surface area contributed by atoms with E-state index in [9.17, 15) is 9.59 Å². The van der Waals surface area contributed by atoms with Crippen molar-refractivity contribution in [1.29, 1.82) is 0 Å². The number of amides is 3. The molecule has 0 aromatic rings. The van der Waals surface area contributed by atoms with Crippen molar-refractivity contribution in [3.63, 3.8) is 0 Å². The first-order chi connectivity index (χ1) is 10.0. The van der Waals surface area contributed by atoms with Crippen LogP contribution in [0.15, 0.2) is 4.99 Å². The van der Waals surface area contributed by atoms with Crippen LogP contribution in [0.5, 0.6) is 0 Å². The Labute approximate surface area is 148 Å². The molecule has 0 saturated carbocycles. The Morgan fingerprint density at radius 1 is 1.41 bits per heavy atom. The number of halogens is 1. The Balaban J connectivity index is 0.00000242. The van der Waals surface area contributed by atoms with Crippen molar-refractivity contribution in [2.24, 2.45) is 10.9 Å². The molecule has 7 nitrogen and oxygen atoms in total. The van der Waals surface area contributed by atoms with Gasteiger partial charge in [0.1, 0.15) is 5.54 Å². The monoisotopic (exact) mass is 423 g/mol. The van der Waals surface area contributed by atoms with Crippen molar-refractivity contribution in [2.45, 2.75) is 38.6 Å². The first kappa shape index (κ1) is 19.0. The van der Waals surface area contributed by atoms with E-state index in [4.69, 9.17) is 0 Å². The highest BCUT2D eigenvalue weighted by Crippen LogP contribution is 2.30. The van der Waals surface area contributed by atoms with Crippen molar-refractivity contribution < 1.29 is 9.59 Å². The van der Waals surface area contributed by atoms with Gasteiger partial charge in [0, 0.05) is 26.7 Å². The summed E-state index contributed by atoms with van der Waals surface area (Å²) in [5, 5.41) is 8.44. The van der Waals surface area contributed by atoms with E-state index in [0.29, 0.717) is 0 Å². The van der Waals surface area contributed by atoms with Gasteiger partial charge in [-0.3, -0.25) is 15.1 Å². The van der Waals surface area contributed by atoms with Gasteiger partial charge in [0.2, 0.25) is 0 Å². The highest BCUT2D eigenvalue weighted by Gasteiger charge is 2.48. The number of rotatable bonds is 3. The lowest BCUT2D eigenvalue weighted by atomic mass is 9.79. The number of urea groups is 1. The number of likely N-dealkylation sites (tertiary alicyclic amines) is 1. The molecule has 8 heteroatoms. The molecule has 2 fully saturated rings. The molecule has 0 spiro atoms. The van der Waals surface area contributed by atoms with E-state index in [2.05, 4.69) is 32.8 Å². The van der Waals surface area contributed by atoms with E-state index in [0.717, 1.165) is 44.9 Å². The third-order valence-corrected chi connectivity index (χ3v) is 4.43. The van der Waals surface area contributed by atoms with Crippen molar-refractivity contribution in [3.8, 4) is 0 Å². The van der Waals surface area contributed by atoms with Gasteiger partial charge in [-0.2, -0.15) is 0 Å². The number of aliphatic imine (C=N–C) groups is 1. The Morgan fingerprint density at radius 3 is 2.50 bits per heavy atom. The third kappa shape index (κ3) is 3.82. The van der Waals surface area contributed by atoms with Gasteiger partial charge in [0.15, 0.2) is 5.96 Å². The zero-order valence-electron chi connectivity index (χ0n) is 13.4. The number of hydrogen-bond donors (Lipinski definition) is 3. The standard InChI is InChI=1S/C14H25N5O2.HI/c1-4-7-16-12(15-3)19-8-5-10(6-9-19)14(2)11(20)17-13(21)18-14;/h10H,4-9H2,1-3H3,(H,15,16)(H2,17,18,20,21);1H. The second-order valence-electron chi connectivity index (χ2n) is 5.85. The molecule has 2 aliphatic heterocycles. The van der Waals surface area contributed by atoms with Crippen molar-refractivity contribution in [2.75, 3.05) is 26.7 Å². The maximum Gasteiger partial charge on any atom is 0.322 e. The third-order valence-electron chi connectivity index (χ3n) is 4.43. The Hall–Kier alpha value is -1.06. The smallest absolute Gasteiger partial charge is 0.322 e. The summed E-state index contributed by atoms with van der Waals surface area (Å²) in [6.07, 6.45) is 2.77. The van der Waals surface area contributed by atoms with Gasteiger partial charge in [0.25, 0.3) is 5.91 Å². The fraction of sp³-hybridized carbons (Fsp3) is 0.786. The molecule has 2 rings (SSSR count). The molecule has 0 aromatic carbocycles. The Bertz CT molecular complexity index is 449. The van der Waals surface area contributed by atoms with Gasteiger partial charge in [-0.25, -0.2) is 4.79 Å². The lowest BCUT2D eigenvalue weighted by Crippen LogP contribution is -2.55. The van der Waals surface area contributed by atoms with Crippen molar-refractivity contribution in [1.82, 2.24) is 20.9 Å². The molecule has 2 aliphatic rings. The van der Waals surface area contributed by atoms with Gasteiger partial charge in [-0.15, -0.1) is 24.0 Å². The molecule has 0 aromatic heterocycles. The zero-order valence-corrected chi connectivity index (χ0v) is 15.8. The number of piperidine rings is 1. The molecular formula is C14H26IN5O2. The van der Waals surface area contributed by atoms with Crippen LogP contribution in [-0.4, -0.2) is 55.0 Å². The maximum atomic E-state index is 12.0. The molecule has 1 unspecified atom stereocenters. The summed E-state index contributed by atoms with van der Waals surface area (Å²) in [5.74, 6) is 0.865. The van der Waals surface area contributed by atoms with Crippen LogP contribution in [0.4, 0.5) is 4.79 Å². The molecule has 0 aliphatic carbocycles. The van der Waals surface area contributed by atoms with Gasteiger partial charge in [-0.05, 0) is 32.1 Å². The lowest BCUT2D eigenvalue weighted by Gasteiger charge is -2.39. The average molecular weight is 423 g/mol. The summed E-state index contributed by atoms with van der Waals surface area (Å²) in [4.78, 5) is 29.9. The van der Waals surface area contributed by atoms with E-state index < -0.39 is 5.54 Å². The first-order valence-corrected chi connectivity index (χ1v) is 7.60. The molecule has 1 atom stereocenters. The van der Waals surface area contributed by atoms with E-state index in [1.807, 2.05) is 6.92 Å². The van der Waals surface area contributed by atoms with Crippen LogP contribution in [0, 0.1) is 5.92 Å². The molecule has 2 saturated heterocycles. The topological polar surface area (TPSA) is 85.8 Å². The summed E-state index contributed by atoms with van der Waals surface area (Å²) in [5.41, 5.74) is -0.774. The van der Waals surface area contributed by atoms with Crippen LogP contribution in [-0.2, 0) is 4.79 Å². The zero-order chi connectivity index (χ0) is 15.5. The summed E-state index contributed by atoms with van der Waals surface area (Å²) in [6, 6.07) is -0.384. The summed E-state index contributed by atoms with van der Waals surface area (Å²) in [6.45, 7) is 6.52. The summed E-state index contributed by atoms with van der Waals surface area (Å²) < 4.78 is 0. The molecule has 0 radical (unpaired) electrons. The molecule has 3 amide bonds. The molecular weight excluding hydrogens is 397 g/mol. The largest absolute Gasteiger partial charge is 0.356 e. The van der Waals surface area contributed by atoms with E-state index >= 15 is 0 Å². The average Bonchev–Trinajstić information content (AvgIpc) is 2.74.